The van der Waals surface area contributed by atoms with Gasteiger partial charge in [0.25, 0.3) is 0 Å². The smallest absolute Gasteiger partial charge is 0.126 e. The maximum Gasteiger partial charge on any atom is 0.126 e. The molecule has 1 aromatic heterocycles. The van der Waals surface area contributed by atoms with Gasteiger partial charge in [-0.25, -0.2) is 4.68 Å². The van der Waals surface area contributed by atoms with E-state index in [4.69, 9.17) is 22.7 Å². The molecule has 0 saturated carbocycles. The SMILES string of the molecule is CSc1cccc(-n2cc(Cl)cn2)c1C(=N)N. The molecule has 0 unspecified atom stereocenters. The molecule has 0 aliphatic heterocycles. The van der Waals surface area contributed by atoms with Crippen molar-refractivity contribution in [2.45, 2.75) is 4.90 Å². The van der Waals surface area contributed by atoms with E-state index in [1.807, 2.05) is 24.5 Å². The summed E-state index contributed by atoms with van der Waals surface area (Å²) < 4.78 is 1.62. The standard InChI is InChI=1S/C11H11ClN4S/c1-17-9-4-2-3-8(10(9)11(13)14)16-6-7(12)5-15-16/h2-6H,1H3,(H3,13,14). The van der Waals surface area contributed by atoms with Gasteiger partial charge in [0, 0.05) is 11.1 Å². The molecule has 0 radical (unpaired) electrons. The molecule has 0 saturated heterocycles. The summed E-state index contributed by atoms with van der Waals surface area (Å²) in [7, 11) is 0. The topological polar surface area (TPSA) is 67.7 Å². The number of aromatic nitrogens is 2. The summed E-state index contributed by atoms with van der Waals surface area (Å²) in [6, 6.07) is 5.69. The van der Waals surface area contributed by atoms with Crippen LogP contribution in [-0.4, -0.2) is 21.9 Å². The van der Waals surface area contributed by atoms with E-state index < -0.39 is 0 Å². The monoisotopic (exact) mass is 266 g/mol. The first-order chi connectivity index (χ1) is 8.13. The molecular formula is C11H11ClN4S. The third kappa shape index (κ3) is 2.30. The molecule has 6 heteroatoms. The fourth-order valence-electron chi connectivity index (χ4n) is 1.58. The number of halogens is 1. The molecule has 0 aliphatic rings. The summed E-state index contributed by atoms with van der Waals surface area (Å²) >= 11 is 7.39. The number of nitrogens with one attached hydrogen (secondary N) is 1. The first-order valence-corrected chi connectivity index (χ1v) is 6.45. The van der Waals surface area contributed by atoms with E-state index in [2.05, 4.69) is 5.10 Å². The third-order valence-electron chi connectivity index (χ3n) is 2.29. The minimum atomic E-state index is 0.0246. The van der Waals surface area contributed by atoms with Crippen molar-refractivity contribution in [3.8, 4) is 5.69 Å². The Bertz CT molecular complexity index is 564. The van der Waals surface area contributed by atoms with Gasteiger partial charge in [0.05, 0.1) is 22.5 Å². The van der Waals surface area contributed by atoms with Crippen LogP contribution in [0.4, 0.5) is 0 Å². The molecule has 4 nitrogen and oxygen atoms in total. The number of rotatable bonds is 3. The van der Waals surface area contributed by atoms with Crippen LogP contribution in [0.1, 0.15) is 5.56 Å². The summed E-state index contributed by atoms with van der Waals surface area (Å²) in [5.74, 6) is 0.0246. The summed E-state index contributed by atoms with van der Waals surface area (Å²) in [4.78, 5) is 0.946. The van der Waals surface area contributed by atoms with Crippen LogP contribution in [0.2, 0.25) is 5.02 Å². The molecule has 2 aromatic rings. The zero-order chi connectivity index (χ0) is 12.4. The summed E-state index contributed by atoms with van der Waals surface area (Å²) in [5.41, 5.74) is 7.07. The molecule has 0 bridgehead atoms. The Morgan fingerprint density at radius 3 is 2.82 bits per heavy atom. The highest BCUT2D eigenvalue weighted by Gasteiger charge is 2.12. The molecule has 88 valence electrons. The van der Waals surface area contributed by atoms with Crippen molar-refractivity contribution >= 4 is 29.2 Å². The second-order valence-corrected chi connectivity index (χ2v) is 4.66. The van der Waals surface area contributed by atoms with Gasteiger partial charge in [-0.2, -0.15) is 5.10 Å². The van der Waals surface area contributed by atoms with Crippen LogP contribution in [0.5, 0.6) is 0 Å². The van der Waals surface area contributed by atoms with Gasteiger partial charge in [-0.05, 0) is 18.4 Å². The summed E-state index contributed by atoms with van der Waals surface area (Å²) in [6.45, 7) is 0. The third-order valence-corrected chi connectivity index (χ3v) is 3.27. The molecule has 0 spiro atoms. The zero-order valence-electron chi connectivity index (χ0n) is 9.14. The molecule has 0 amide bonds. The number of nitrogens with two attached hydrogens (primary N) is 1. The van der Waals surface area contributed by atoms with E-state index in [0.717, 1.165) is 10.6 Å². The zero-order valence-corrected chi connectivity index (χ0v) is 10.7. The molecule has 3 N–H and O–H groups in total. The molecule has 17 heavy (non-hydrogen) atoms. The Kier molecular flexibility index (Phi) is 3.40. The van der Waals surface area contributed by atoms with E-state index in [-0.39, 0.29) is 5.84 Å². The van der Waals surface area contributed by atoms with Crippen molar-refractivity contribution in [1.82, 2.24) is 9.78 Å². The van der Waals surface area contributed by atoms with Crippen LogP contribution in [-0.2, 0) is 0 Å². The lowest BCUT2D eigenvalue weighted by Crippen LogP contribution is -2.16. The molecule has 0 fully saturated rings. The van der Waals surface area contributed by atoms with Gasteiger partial charge >= 0.3 is 0 Å². The summed E-state index contributed by atoms with van der Waals surface area (Å²) in [5, 5.41) is 12.3. The Labute approximate surface area is 108 Å². The molecule has 0 atom stereocenters. The van der Waals surface area contributed by atoms with E-state index in [9.17, 15) is 0 Å². The Morgan fingerprint density at radius 2 is 2.29 bits per heavy atom. The number of nitrogen functional groups attached to an aromatic ring is 1. The predicted molar refractivity (Wildman–Crippen MR) is 71.4 cm³/mol. The van der Waals surface area contributed by atoms with E-state index in [1.165, 1.54) is 0 Å². The van der Waals surface area contributed by atoms with Gasteiger partial charge in [0.15, 0.2) is 0 Å². The second kappa shape index (κ2) is 4.81. The molecule has 1 heterocycles. The maximum atomic E-state index is 7.67. The minimum absolute atomic E-state index is 0.0246. The van der Waals surface area contributed by atoms with Crippen LogP contribution in [0.25, 0.3) is 5.69 Å². The number of amidine groups is 1. The maximum absolute atomic E-state index is 7.67. The van der Waals surface area contributed by atoms with Gasteiger partial charge < -0.3 is 5.73 Å². The number of thioether (sulfide) groups is 1. The minimum Gasteiger partial charge on any atom is -0.384 e. The Balaban J connectivity index is 2.65. The molecule has 1 aromatic carbocycles. The van der Waals surface area contributed by atoms with Crippen molar-refractivity contribution in [1.29, 1.82) is 5.41 Å². The molecule has 0 aliphatic carbocycles. The van der Waals surface area contributed by atoms with Crippen molar-refractivity contribution in [3.05, 3.63) is 41.2 Å². The van der Waals surface area contributed by atoms with Crippen LogP contribution < -0.4 is 5.73 Å². The van der Waals surface area contributed by atoms with Crippen molar-refractivity contribution < 1.29 is 0 Å². The fraction of sp³-hybridized carbons (Fsp3) is 0.0909. The van der Waals surface area contributed by atoms with Crippen LogP contribution in [0.3, 0.4) is 0 Å². The lowest BCUT2D eigenvalue weighted by Gasteiger charge is -2.11. The lowest BCUT2D eigenvalue weighted by molar-refractivity contribution is 0.874. The number of benzene rings is 1. The van der Waals surface area contributed by atoms with E-state index >= 15 is 0 Å². The fourth-order valence-corrected chi connectivity index (χ4v) is 2.35. The van der Waals surface area contributed by atoms with Crippen LogP contribution >= 0.6 is 23.4 Å². The van der Waals surface area contributed by atoms with Crippen LogP contribution in [0.15, 0.2) is 35.5 Å². The first kappa shape index (κ1) is 12.0. The first-order valence-electron chi connectivity index (χ1n) is 4.85. The molecular weight excluding hydrogens is 256 g/mol. The highest BCUT2D eigenvalue weighted by Crippen LogP contribution is 2.26. The normalized spacial score (nSPS) is 10.5. The number of hydrogen-bond donors (Lipinski definition) is 2. The lowest BCUT2D eigenvalue weighted by atomic mass is 10.1. The van der Waals surface area contributed by atoms with E-state index in [0.29, 0.717) is 10.6 Å². The van der Waals surface area contributed by atoms with Gasteiger partial charge in [0.2, 0.25) is 0 Å². The molecule has 2 rings (SSSR count). The predicted octanol–water partition coefficient (Wildman–Crippen LogP) is 2.53. The van der Waals surface area contributed by atoms with E-state index in [1.54, 1.807) is 28.8 Å². The quantitative estimate of drug-likeness (QED) is 0.510. The van der Waals surface area contributed by atoms with Crippen molar-refractivity contribution in [2.75, 3.05) is 6.26 Å². The van der Waals surface area contributed by atoms with Crippen molar-refractivity contribution in [3.63, 3.8) is 0 Å². The number of nitrogens with zero attached hydrogens (tertiary/aromatic N) is 2. The summed E-state index contributed by atoms with van der Waals surface area (Å²) in [6.07, 6.45) is 5.19. The Hall–Kier alpha value is -1.46. The van der Waals surface area contributed by atoms with Gasteiger partial charge in [-0.15, -0.1) is 11.8 Å². The van der Waals surface area contributed by atoms with Crippen LogP contribution in [0, 0.1) is 5.41 Å². The highest BCUT2D eigenvalue weighted by atomic mass is 35.5. The van der Waals surface area contributed by atoms with Gasteiger partial charge in [-0.1, -0.05) is 17.7 Å². The van der Waals surface area contributed by atoms with Crippen molar-refractivity contribution in [2.24, 2.45) is 5.73 Å². The number of hydrogen-bond acceptors (Lipinski definition) is 3. The highest BCUT2D eigenvalue weighted by molar-refractivity contribution is 7.98. The second-order valence-electron chi connectivity index (χ2n) is 3.37. The average Bonchev–Trinajstić information content (AvgIpc) is 2.74. The van der Waals surface area contributed by atoms with Gasteiger partial charge in [0.1, 0.15) is 5.84 Å². The largest absolute Gasteiger partial charge is 0.384 e. The Morgan fingerprint density at radius 1 is 1.53 bits per heavy atom. The van der Waals surface area contributed by atoms with Gasteiger partial charge in [-0.3, -0.25) is 5.41 Å². The average molecular weight is 267 g/mol.